The van der Waals surface area contributed by atoms with Crippen LogP contribution in [-0.4, -0.2) is 44.9 Å². The first-order valence-corrected chi connectivity index (χ1v) is 12.1. The van der Waals surface area contributed by atoms with Crippen molar-refractivity contribution in [2.75, 3.05) is 31.6 Å². The van der Waals surface area contributed by atoms with Gasteiger partial charge in [-0.3, -0.25) is 4.79 Å². The summed E-state index contributed by atoms with van der Waals surface area (Å²) in [5.74, 6) is 0.590. The zero-order chi connectivity index (χ0) is 22.9. The molecule has 0 spiro atoms. The van der Waals surface area contributed by atoms with Gasteiger partial charge in [0.15, 0.2) is 5.75 Å². The van der Waals surface area contributed by atoms with Gasteiger partial charge in [-0.15, -0.1) is 0 Å². The molecule has 2 rings (SSSR count). The fraction of sp³-hybridized carbons (Fsp3) is 0.409. The van der Waals surface area contributed by atoms with Crippen molar-refractivity contribution in [1.82, 2.24) is 4.31 Å². The van der Waals surface area contributed by atoms with Crippen LogP contribution in [0.3, 0.4) is 0 Å². The maximum atomic E-state index is 12.9. The smallest absolute Gasteiger partial charge is 0.243 e. The van der Waals surface area contributed by atoms with E-state index in [1.54, 1.807) is 44.2 Å². The number of nitrogens with one attached hydrogen (secondary N) is 1. The Bertz CT molecular complexity index is 960. The predicted molar refractivity (Wildman–Crippen MR) is 122 cm³/mol. The number of amides is 1. The zero-order valence-electron chi connectivity index (χ0n) is 18.1. The molecule has 0 unspecified atom stereocenters. The van der Waals surface area contributed by atoms with Gasteiger partial charge in [0.1, 0.15) is 5.75 Å². The molecule has 0 bridgehead atoms. The molecular formula is C22H29ClN2O5S. The number of ether oxygens (including phenoxy) is 2. The molecule has 31 heavy (non-hydrogen) atoms. The molecule has 0 saturated heterocycles. The molecule has 0 aliphatic heterocycles. The Morgan fingerprint density at radius 1 is 1.06 bits per heavy atom. The standard InChI is InChI=1S/C22H29ClN2O5S/c1-4-25(5-2)31(27,28)19-13-14-21(30-18-11-9-17(23)10-12-18)20(16-19)24-22(26)8-7-15-29-6-3/h9-14,16H,4-8,15H2,1-3H3,(H,24,26). The lowest BCUT2D eigenvalue weighted by atomic mass is 10.2. The van der Waals surface area contributed by atoms with Gasteiger partial charge in [0, 0.05) is 37.7 Å². The van der Waals surface area contributed by atoms with Crippen LogP contribution in [0.1, 0.15) is 33.6 Å². The van der Waals surface area contributed by atoms with Crippen molar-refractivity contribution < 1.29 is 22.7 Å². The molecule has 7 nitrogen and oxygen atoms in total. The third kappa shape index (κ3) is 7.21. The van der Waals surface area contributed by atoms with Gasteiger partial charge in [0.2, 0.25) is 15.9 Å². The van der Waals surface area contributed by atoms with Crippen LogP contribution >= 0.6 is 11.6 Å². The first-order chi connectivity index (χ1) is 14.8. The molecule has 0 aromatic heterocycles. The maximum absolute atomic E-state index is 12.9. The lowest BCUT2D eigenvalue weighted by Crippen LogP contribution is -2.30. The Kier molecular flexibility index (Phi) is 9.77. The molecule has 0 aliphatic carbocycles. The topological polar surface area (TPSA) is 84.9 Å². The van der Waals surface area contributed by atoms with Crippen LogP contribution in [0.2, 0.25) is 5.02 Å². The van der Waals surface area contributed by atoms with E-state index in [1.807, 2.05) is 6.92 Å². The van der Waals surface area contributed by atoms with Crippen LogP contribution in [0, 0.1) is 0 Å². The number of benzene rings is 2. The third-order valence-corrected chi connectivity index (χ3v) is 6.80. The summed E-state index contributed by atoms with van der Waals surface area (Å²) in [5.41, 5.74) is 0.282. The molecular weight excluding hydrogens is 440 g/mol. The summed E-state index contributed by atoms with van der Waals surface area (Å²) in [5, 5.41) is 3.34. The van der Waals surface area contributed by atoms with E-state index in [2.05, 4.69) is 5.32 Å². The molecule has 0 fully saturated rings. The first-order valence-electron chi connectivity index (χ1n) is 10.3. The minimum absolute atomic E-state index is 0.0873. The molecule has 2 aromatic rings. The van der Waals surface area contributed by atoms with E-state index in [9.17, 15) is 13.2 Å². The van der Waals surface area contributed by atoms with Crippen molar-refractivity contribution in [1.29, 1.82) is 0 Å². The number of hydrogen-bond acceptors (Lipinski definition) is 5. The highest BCUT2D eigenvalue weighted by atomic mass is 35.5. The number of sulfonamides is 1. The number of carbonyl (C=O) groups is 1. The van der Waals surface area contributed by atoms with Gasteiger partial charge in [0.25, 0.3) is 0 Å². The molecule has 2 aromatic carbocycles. The van der Waals surface area contributed by atoms with E-state index < -0.39 is 10.0 Å². The number of halogens is 1. The Labute approximate surface area is 189 Å². The Morgan fingerprint density at radius 3 is 2.35 bits per heavy atom. The van der Waals surface area contributed by atoms with Crippen LogP contribution in [-0.2, 0) is 19.6 Å². The summed E-state index contributed by atoms with van der Waals surface area (Å²) < 4.78 is 38.4. The average molecular weight is 469 g/mol. The highest BCUT2D eigenvalue weighted by Gasteiger charge is 2.23. The molecule has 9 heteroatoms. The number of hydrogen-bond donors (Lipinski definition) is 1. The fourth-order valence-electron chi connectivity index (χ4n) is 2.89. The second kappa shape index (κ2) is 12.0. The summed E-state index contributed by atoms with van der Waals surface area (Å²) in [6.45, 7) is 7.21. The van der Waals surface area contributed by atoms with Crippen molar-refractivity contribution in [3.8, 4) is 11.5 Å². The largest absolute Gasteiger partial charge is 0.455 e. The lowest BCUT2D eigenvalue weighted by molar-refractivity contribution is -0.116. The molecule has 170 valence electrons. The van der Waals surface area contributed by atoms with Crippen molar-refractivity contribution in [3.63, 3.8) is 0 Å². The van der Waals surface area contributed by atoms with Crippen LogP contribution in [0.4, 0.5) is 5.69 Å². The van der Waals surface area contributed by atoms with Crippen LogP contribution in [0.15, 0.2) is 47.4 Å². The maximum Gasteiger partial charge on any atom is 0.243 e. The van der Waals surface area contributed by atoms with Gasteiger partial charge < -0.3 is 14.8 Å². The highest BCUT2D eigenvalue weighted by molar-refractivity contribution is 7.89. The quantitative estimate of drug-likeness (QED) is 0.447. The van der Waals surface area contributed by atoms with Crippen LogP contribution in [0.5, 0.6) is 11.5 Å². The van der Waals surface area contributed by atoms with Gasteiger partial charge in [-0.05, 0) is 55.8 Å². The van der Waals surface area contributed by atoms with E-state index in [1.165, 1.54) is 16.4 Å². The second-order valence-corrected chi connectivity index (χ2v) is 9.03. The van der Waals surface area contributed by atoms with E-state index in [-0.39, 0.29) is 22.9 Å². The normalized spacial score (nSPS) is 11.5. The van der Waals surface area contributed by atoms with E-state index in [0.29, 0.717) is 49.2 Å². The molecule has 1 amide bonds. The van der Waals surface area contributed by atoms with Crippen molar-refractivity contribution >= 4 is 33.2 Å². The molecule has 0 heterocycles. The van der Waals surface area contributed by atoms with Crippen molar-refractivity contribution in [2.45, 2.75) is 38.5 Å². The number of nitrogens with zero attached hydrogens (tertiary/aromatic N) is 1. The van der Waals surface area contributed by atoms with Gasteiger partial charge in [-0.2, -0.15) is 4.31 Å². The fourth-order valence-corrected chi connectivity index (χ4v) is 4.50. The second-order valence-electron chi connectivity index (χ2n) is 6.65. The first kappa shape index (κ1) is 25.1. The van der Waals surface area contributed by atoms with E-state index >= 15 is 0 Å². The number of carbonyl (C=O) groups excluding carboxylic acids is 1. The van der Waals surface area contributed by atoms with Gasteiger partial charge in [0.05, 0.1) is 10.6 Å². The monoisotopic (exact) mass is 468 g/mol. The van der Waals surface area contributed by atoms with Crippen molar-refractivity contribution in [2.24, 2.45) is 0 Å². The Balaban J connectivity index is 2.33. The molecule has 0 saturated carbocycles. The number of rotatable bonds is 12. The highest BCUT2D eigenvalue weighted by Crippen LogP contribution is 2.33. The Morgan fingerprint density at radius 2 is 1.74 bits per heavy atom. The van der Waals surface area contributed by atoms with E-state index in [4.69, 9.17) is 21.1 Å². The summed E-state index contributed by atoms with van der Waals surface area (Å²) >= 11 is 5.92. The summed E-state index contributed by atoms with van der Waals surface area (Å²) in [4.78, 5) is 12.5. The third-order valence-electron chi connectivity index (χ3n) is 4.51. The summed E-state index contributed by atoms with van der Waals surface area (Å²) in [7, 11) is -3.69. The minimum atomic E-state index is -3.69. The molecule has 0 radical (unpaired) electrons. The van der Waals surface area contributed by atoms with Crippen molar-refractivity contribution in [3.05, 3.63) is 47.5 Å². The SMILES string of the molecule is CCOCCCC(=O)Nc1cc(S(=O)(=O)N(CC)CC)ccc1Oc1ccc(Cl)cc1. The number of anilines is 1. The van der Waals surface area contributed by atoms with Gasteiger partial charge in [-0.25, -0.2) is 8.42 Å². The predicted octanol–water partition coefficient (Wildman–Crippen LogP) is 4.92. The van der Waals surface area contributed by atoms with Gasteiger partial charge >= 0.3 is 0 Å². The van der Waals surface area contributed by atoms with Crippen LogP contribution in [0.25, 0.3) is 0 Å². The summed E-state index contributed by atoms with van der Waals surface area (Å²) in [6.07, 6.45) is 0.803. The Hall–Kier alpha value is -2.13. The zero-order valence-corrected chi connectivity index (χ0v) is 19.6. The van der Waals surface area contributed by atoms with Crippen LogP contribution < -0.4 is 10.1 Å². The lowest BCUT2D eigenvalue weighted by Gasteiger charge is -2.20. The average Bonchev–Trinajstić information content (AvgIpc) is 2.74. The van der Waals surface area contributed by atoms with E-state index in [0.717, 1.165) is 0 Å². The molecule has 1 N–H and O–H groups in total. The molecule has 0 aliphatic rings. The van der Waals surface area contributed by atoms with Gasteiger partial charge in [-0.1, -0.05) is 25.4 Å². The molecule has 0 atom stereocenters. The summed E-state index contributed by atoms with van der Waals surface area (Å²) in [6, 6.07) is 11.2. The minimum Gasteiger partial charge on any atom is -0.455 e.